The van der Waals surface area contributed by atoms with E-state index in [4.69, 9.17) is 0 Å². The number of anilines is 1. The fraction of sp³-hybridized carbons (Fsp3) is 0.556. The average molecular weight is 196 g/mol. The maximum Gasteiger partial charge on any atom is 0.229 e. The number of carbonyl (C=O) groups is 1. The summed E-state index contributed by atoms with van der Waals surface area (Å²) in [6.07, 6.45) is 5.04. The highest BCUT2D eigenvalue weighted by molar-refractivity contribution is 7.15. The molecule has 13 heavy (non-hydrogen) atoms. The molecule has 1 aromatic heterocycles. The van der Waals surface area contributed by atoms with Crippen molar-refractivity contribution in [3.63, 3.8) is 0 Å². The lowest BCUT2D eigenvalue weighted by atomic mass is 9.85. The molecule has 1 heterocycles. The van der Waals surface area contributed by atoms with E-state index in [0.29, 0.717) is 0 Å². The van der Waals surface area contributed by atoms with Gasteiger partial charge >= 0.3 is 0 Å². The van der Waals surface area contributed by atoms with Gasteiger partial charge < -0.3 is 5.32 Å². The zero-order valence-corrected chi connectivity index (χ0v) is 8.36. The van der Waals surface area contributed by atoms with E-state index >= 15 is 0 Å². The lowest BCUT2D eigenvalue weighted by Crippen LogP contribution is -2.27. The maximum absolute atomic E-state index is 11.5. The molecule has 0 bridgehead atoms. The van der Waals surface area contributed by atoms with E-state index in [-0.39, 0.29) is 11.8 Å². The van der Waals surface area contributed by atoms with Gasteiger partial charge in [-0.25, -0.2) is 4.98 Å². The second kappa shape index (κ2) is 3.46. The molecule has 1 N–H and O–H groups in total. The summed E-state index contributed by atoms with van der Waals surface area (Å²) in [6, 6.07) is 0. The number of carbonyl (C=O) groups excluding carboxylic acids is 1. The van der Waals surface area contributed by atoms with Crippen molar-refractivity contribution >= 4 is 22.4 Å². The van der Waals surface area contributed by atoms with Crippen LogP contribution in [-0.4, -0.2) is 10.9 Å². The molecule has 0 spiro atoms. The fourth-order valence-corrected chi connectivity index (χ4v) is 1.96. The highest BCUT2D eigenvalue weighted by atomic mass is 32.1. The molecule has 0 unspecified atom stereocenters. The third-order valence-electron chi connectivity index (χ3n) is 2.33. The minimum Gasteiger partial charge on any atom is -0.302 e. The van der Waals surface area contributed by atoms with Gasteiger partial charge in [-0.15, -0.1) is 11.3 Å². The van der Waals surface area contributed by atoms with Crippen molar-refractivity contribution in [2.75, 3.05) is 5.32 Å². The van der Waals surface area contributed by atoms with Crippen LogP contribution in [0.5, 0.6) is 0 Å². The number of hydrogen-bond donors (Lipinski definition) is 1. The van der Waals surface area contributed by atoms with Crippen molar-refractivity contribution in [3.8, 4) is 0 Å². The predicted octanol–water partition coefficient (Wildman–Crippen LogP) is 2.19. The Morgan fingerprint density at radius 3 is 2.92 bits per heavy atom. The molecule has 1 aliphatic carbocycles. The van der Waals surface area contributed by atoms with Crippen LogP contribution in [-0.2, 0) is 4.79 Å². The zero-order chi connectivity index (χ0) is 9.26. The first-order valence-electron chi connectivity index (χ1n) is 4.49. The molecule has 70 valence electrons. The Labute approximate surface area is 81.2 Å². The van der Waals surface area contributed by atoms with E-state index < -0.39 is 0 Å². The molecule has 0 saturated heterocycles. The Kier molecular flexibility index (Phi) is 2.31. The van der Waals surface area contributed by atoms with E-state index in [9.17, 15) is 4.79 Å². The Morgan fingerprint density at radius 1 is 1.69 bits per heavy atom. The molecular formula is C9H12N2OS. The van der Waals surface area contributed by atoms with Gasteiger partial charge in [0, 0.05) is 17.0 Å². The molecule has 2 rings (SSSR count). The summed E-state index contributed by atoms with van der Waals surface area (Å²) in [5, 5.41) is 3.56. The summed E-state index contributed by atoms with van der Waals surface area (Å²) in [5.74, 6) is 0.379. The lowest BCUT2D eigenvalue weighted by Gasteiger charge is -2.23. The minimum absolute atomic E-state index is 0.139. The topological polar surface area (TPSA) is 42.0 Å². The van der Waals surface area contributed by atoms with Gasteiger partial charge in [-0.3, -0.25) is 4.79 Å². The first-order valence-corrected chi connectivity index (χ1v) is 5.30. The molecule has 1 amide bonds. The highest BCUT2D eigenvalue weighted by Gasteiger charge is 2.25. The van der Waals surface area contributed by atoms with Gasteiger partial charge in [0.15, 0.2) is 5.13 Å². The van der Waals surface area contributed by atoms with Crippen LogP contribution in [0.1, 0.15) is 24.1 Å². The SMILES string of the molecule is Cc1cnc(NC(=O)C2CCC2)s1. The molecule has 1 fully saturated rings. The fourth-order valence-electron chi connectivity index (χ4n) is 1.29. The van der Waals surface area contributed by atoms with E-state index in [1.807, 2.05) is 6.92 Å². The lowest BCUT2D eigenvalue weighted by molar-refractivity contribution is -0.122. The summed E-state index contributed by atoms with van der Waals surface area (Å²) in [4.78, 5) is 16.7. The Hall–Kier alpha value is -0.900. The van der Waals surface area contributed by atoms with Crippen molar-refractivity contribution in [3.05, 3.63) is 11.1 Å². The predicted molar refractivity (Wildman–Crippen MR) is 52.8 cm³/mol. The standard InChI is InChI=1S/C9H12N2OS/c1-6-5-10-9(13-6)11-8(12)7-3-2-4-7/h5,7H,2-4H2,1H3,(H,10,11,12). The van der Waals surface area contributed by atoms with E-state index in [1.54, 1.807) is 6.20 Å². The van der Waals surface area contributed by atoms with Crippen LogP contribution in [0, 0.1) is 12.8 Å². The highest BCUT2D eigenvalue weighted by Crippen LogP contribution is 2.28. The van der Waals surface area contributed by atoms with Gasteiger partial charge in [0.1, 0.15) is 0 Å². The maximum atomic E-state index is 11.5. The second-order valence-corrected chi connectivity index (χ2v) is 4.63. The van der Waals surface area contributed by atoms with Crippen LogP contribution in [0.15, 0.2) is 6.20 Å². The van der Waals surface area contributed by atoms with Gasteiger partial charge in [0.2, 0.25) is 5.91 Å². The summed E-state index contributed by atoms with van der Waals surface area (Å²) in [7, 11) is 0. The summed E-state index contributed by atoms with van der Waals surface area (Å²) < 4.78 is 0. The number of thiazole rings is 1. The monoisotopic (exact) mass is 196 g/mol. The largest absolute Gasteiger partial charge is 0.302 e. The summed E-state index contributed by atoms with van der Waals surface area (Å²) in [6.45, 7) is 1.98. The third kappa shape index (κ3) is 1.88. The van der Waals surface area contributed by atoms with Crippen LogP contribution < -0.4 is 5.32 Å². The van der Waals surface area contributed by atoms with Crippen LogP contribution in [0.2, 0.25) is 0 Å². The van der Waals surface area contributed by atoms with Crippen molar-refractivity contribution in [1.82, 2.24) is 4.98 Å². The van der Waals surface area contributed by atoms with Crippen LogP contribution in [0.3, 0.4) is 0 Å². The third-order valence-corrected chi connectivity index (χ3v) is 3.16. The smallest absolute Gasteiger partial charge is 0.229 e. The number of nitrogens with zero attached hydrogens (tertiary/aromatic N) is 1. The van der Waals surface area contributed by atoms with Crippen molar-refractivity contribution < 1.29 is 4.79 Å². The summed E-state index contributed by atoms with van der Waals surface area (Å²) in [5.41, 5.74) is 0. The summed E-state index contributed by atoms with van der Waals surface area (Å²) >= 11 is 1.52. The number of amides is 1. The Morgan fingerprint density at radius 2 is 2.46 bits per heavy atom. The molecule has 4 heteroatoms. The number of hydrogen-bond acceptors (Lipinski definition) is 3. The number of nitrogens with one attached hydrogen (secondary N) is 1. The molecule has 0 aromatic carbocycles. The van der Waals surface area contributed by atoms with Crippen LogP contribution >= 0.6 is 11.3 Å². The van der Waals surface area contributed by atoms with E-state index in [1.165, 1.54) is 17.8 Å². The number of rotatable bonds is 2. The molecule has 0 aliphatic heterocycles. The van der Waals surface area contributed by atoms with Crippen molar-refractivity contribution in [1.29, 1.82) is 0 Å². The van der Waals surface area contributed by atoms with Gasteiger partial charge in [-0.2, -0.15) is 0 Å². The molecule has 1 aromatic rings. The average Bonchev–Trinajstić information content (AvgIpc) is 2.31. The van der Waals surface area contributed by atoms with Gasteiger partial charge in [0.25, 0.3) is 0 Å². The van der Waals surface area contributed by atoms with Crippen LogP contribution in [0.4, 0.5) is 5.13 Å². The quantitative estimate of drug-likeness (QED) is 0.787. The molecule has 1 aliphatic rings. The molecule has 1 saturated carbocycles. The molecular weight excluding hydrogens is 184 g/mol. The Bertz CT molecular complexity index is 317. The van der Waals surface area contributed by atoms with Gasteiger partial charge in [0.05, 0.1) is 0 Å². The van der Waals surface area contributed by atoms with Crippen molar-refractivity contribution in [2.45, 2.75) is 26.2 Å². The minimum atomic E-state index is 0.139. The molecule has 3 nitrogen and oxygen atoms in total. The van der Waals surface area contributed by atoms with E-state index in [0.717, 1.165) is 22.9 Å². The normalized spacial score (nSPS) is 16.7. The number of aromatic nitrogens is 1. The first kappa shape index (κ1) is 8.69. The Balaban J connectivity index is 1.93. The number of aryl methyl sites for hydroxylation is 1. The van der Waals surface area contributed by atoms with Crippen molar-refractivity contribution in [2.24, 2.45) is 5.92 Å². The molecule has 0 radical (unpaired) electrons. The van der Waals surface area contributed by atoms with E-state index in [2.05, 4.69) is 10.3 Å². The van der Waals surface area contributed by atoms with Crippen LogP contribution in [0.25, 0.3) is 0 Å². The first-order chi connectivity index (χ1) is 6.25. The second-order valence-electron chi connectivity index (χ2n) is 3.39. The van der Waals surface area contributed by atoms with Gasteiger partial charge in [-0.05, 0) is 19.8 Å². The van der Waals surface area contributed by atoms with Gasteiger partial charge in [-0.1, -0.05) is 6.42 Å². The molecule has 0 atom stereocenters. The zero-order valence-electron chi connectivity index (χ0n) is 7.54.